The van der Waals surface area contributed by atoms with Crippen LogP contribution in [0, 0.1) is 5.82 Å². The van der Waals surface area contributed by atoms with Crippen LogP contribution in [-0.4, -0.2) is 24.4 Å². The number of aliphatic hydroxyl groups excluding tert-OH is 1. The third-order valence-electron chi connectivity index (χ3n) is 3.40. The summed E-state index contributed by atoms with van der Waals surface area (Å²) in [5, 5.41) is 9.38. The Morgan fingerprint density at radius 1 is 1.47 bits per heavy atom. The second-order valence-corrected chi connectivity index (χ2v) is 4.65. The van der Waals surface area contributed by atoms with Gasteiger partial charge in [-0.25, -0.2) is 4.39 Å². The molecule has 1 fully saturated rings. The van der Waals surface area contributed by atoms with E-state index in [2.05, 4.69) is 0 Å². The summed E-state index contributed by atoms with van der Waals surface area (Å²) in [6.07, 6.45) is 4.37. The first kappa shape index (κ1) is 12.5. The van der Waals surface area contributed by atoms with E-state index < -0.39 is 0 Å². The average molecular weight is 238 g/mol. The lowest BCUT2D eigenvalue weighted by Gasteiger charge is -2.17. The molecule has 0 saturated carbocycles. The Labute approximate surface area is 101 Å². The Morgan fingerprint density at radius 2 is 2.35 bits per heavy atom. The Balaban J connectivity index is 1.91. The van der Waals surface area contributed by atoms with Crippen LogP contribution in [0.1, 0.15) is 37.2 Å². The lowest BCUT2D eigenvalue weighted by Crippen LogP contribution is -2.10. The summed E-state index contributed by atoms with van der Waals surface area (Å²) in [4.78, 5) is 0. The molecule has 0 radical (unpaired) electrons. The smallest absolute Gasteiger partial charge is 0.123 e. The predicted molar refractivity (Wildman–Crippen MR) is 64.4 cm³/mol. The van der Waals surface area contributed by atoms with E-state index in [1.165, 1.54) is 12.1 Å². The van der Waals surface area contributed by atoms with Crippen LogP contribution in [0.3, 0.4) is 0 Å². The summed E-state index contributed by atoms with van der Waals surface area (Å²) in [6, 6.07) is 6.51. The van der Waals surface area contributed by atoms with E-state index in [1.807, 2.05) is 6.07 Å². The first-order valence-electron chi connectivity index (χ1n) is 6.27. The first-order valence-corrected chi connectivity index (χ1v) is 6.27. The van der Waals surface area contributed by atoms with Gasteiger partial charge in [-0.05, 0) is 43.4 Å². The van der Waals surface area contributed by atoms with Gasteiger partial charge in [0.25, 0.3) is 0 Å². The van der Waals surface area contributed by atoms with E-state index >= 15 is 0 Å². The molecule has 3 heteroatoms. The standard InChI is InChI=1S/C14H19FO2/c15-13-4-1-3-11(9-13)12(10-16)6-7-14-5-2-8-17-14/h1,3-4,9,12,14,16H,2,5-8,10H2. The van der Waals surface area contributed by atoms with E-state index in [0.717, 1.165) is 37.9 Å². The van der Waals surface area contributed by atoms with Crippen molar-refractivity contribution in [1.29, 1.82) is 0 Å². The molecular weight excluding hydrogens is 219 g/mol. The fourth-order valence-corrected chi connectivity index (χ4v) is 2.38. The minimum absolute atomic E-state index is 0.0231. The second-order valence-electron chi connectivity index (χ2n) is 4.65. The largest absolute Gasteiger partial charge is 0.396 e. The molecular formula is C14H19FO2. The van der Waals surface area contributed by atoms with E-state index in [-0.39, 0.29) is 18.3 Å². The number of hydrogen-bond acceptors (Lipinski definition) is 2. The van der Waals surface area contributed by atoms with Gasteiger partial charge in [-0.3, -0.25) is 0 Å². The summed E-state index contributed by atoms with van der Waals surface area (Å²) >= 11 is 0. The van der Waals surface area contributed by atoms with Gasteiger partial charge >= 0.3 is 0 Å². The van der Waals surface area contributed by atoms with E-state index in [1.54, 1.807) is 6.07 Å². The molecule has 1 aliphatic rings. The van der Waals surface area contributed by atoms with Gasteiger partial charge < -0.3 is 9.84 Å². The Hall–Kier alpha value is -0.930. The highest BCUT2D eigenvalue weighted by atomic mass is 19.1. The molecule has 1 N–H and O–H groups in total. The Kier molecular flexibility index (Phi) is 4.51. The lowest BCUT2D eigenvalue weighted by atomic mass is 9.93. The molecule has 2 rings (SSSR count). The zero-order chi connectivity index (χ0) is 12.1. The zero-order valence-corrected chi connectivity index (χ0v) is 9.94. The van der Waals surface area contributed by atoms with Crippen molar-refractivity contribution in [2.75, 3.05) is 13.2 Å². The molecule has 0 bridgehead atoms. The maximum atomic E-state index is 13.1. The van der Waals surface area contributed by atoms with Crippen LogP contribution in [0.4, 0.5) is 4.39 Å². The molecule has 1 heterocycles. The van der Waals surface area contributed by atoms with Gasteiger partial charge in [0.1, 0.15) is 5.82 Å². The van der Waals surface area contributed by atoms with Gasteiger partial charge in [-0.15, -0.1) is 0 Å². The molecule has 94 valence electrons. The number of aliphatic hydroxyl groups is 1. The average Bonchev–Trinajstić information content (AvgIpc) is 2.83. The van der Waals surface area contributed by atoms with Crippen molar-refractivity contribution in [3.05, 3.63) is 35.6 Å². The van der Waals surface area contributed by atoms with Crippen molar-refractivity contribution < 1.29 is 14.2 Å². The highest BCUT2D eigenvalue weighted by molar-refractivity contribution is 5.20. The molecule has 1 aliphatic heterocycles. The lowest BCUT2D eigenvalue weighted by molar-refractivity contribution is 0.0981. The fourth-order valence-electron chi connectivity index (χ4n) is 2.38. The summed E-state index contributed by atoms with van der Waals surface area (Å²) in [7, 11) is 0. The molecule has 0 amide bonds. The van der Waals surface area contributed by atoms with Crippen LogP contribution < -0.4 is 0 Å². The highest BCUT2D eigenvalue weighted by Crippen LogP contribution is 2.25. The highest BCUT2D eigenvalue weighted by Gasteiger charge is 2.18. The number of ether oxygens (including phenoxy) is 1. The summed E-state index contributed by atoms with van der Waals surface area (Å²) in [6.45, 7) is 0.921. The monoisotopic (exact) mass is 238 g/mol. The molecule has 0 spiro atoms. The molecule has 2 nitrogen and oxygen atoms in total. The number of benzene rings is 1. The third kappa shape index (κ3) is 3.51. The second kappa shape index (κ2) is 6.12. The van der Waals surface area contributed by atoms with Crippen molar-refractivity contribution >= 4 is 0 Å². The van der Waals surface area contributed by atoms with Gasteiger partial charge in [0.05, 0.1) is 6.10 Å². The quantitative estimate of drug-likeness (QED) is 0.854. The van der Waals surface area contributed by atoms with E-state index in [4.69, 9.17) is 4.74 Å². The van der Waals surface area contributed by atoms with Crippen molar-refractivity contribution in [3.63, 3.8) is 0 Å². The summed E-state index contributed by atoms with van der Waals surface area (Å²) < 4.78 is 18.7. The van der Waals surface area contributed by atoms with Gasteiger partial charge in [0.15, 0.2) is 0 Å². The van der Waals surface area contributed by atoms with Crippen LogP contribution >= 0.6 is 0 Å². The fraction of sp³-hybridized carbons (Fsp3) is 0.571. The van der Waals surface area contributed by atoms with Gasteiger partial charge in [0, 0.05) is 19.1 Å². The van der Waals surface area contributed by atoms with E-state index in [0.29, 0.717) is 6.10 Å². The Morgan fingerprint density at radius 3 is 3.00 bits per heavy atom. The number of rotatable bonds is 5. The van der Waals surface area contributed by atoms with Crippen molar-refractivity contribution in [2.45, 2.75) is 37.7 Å². The summed E-state index contributed by atoms with van der Waals surface area (Å²) in [5.74, 6) is -0.215. The summed E-state index contributed by atoms with van der Waals surface area (Å²) in [5.41, 5.74) is 0.880. The third-order valence-corrected chi connectivity index (χ3v) is 3.40. The van der Waals surface area contributed by atoms with Crippen molar-refractivity contribution in [1.82, 2.24) is 0 Å². The zero-order valence-electron chi connectivity index (χ0n) is 9.94. The minimum Gasteiger partial charge on any atom is -0.396 e. The first-order chi connectivity index (χ1) is 8.29. The molecule has 1 aromatic carbocycles. The van der Waals surface area contributed by atoms with Gasteiger partial charge in [-0.1, -0.05) is 12.1 Å². The maximum absolute atomic E-state index is 13.1. The molecule has 0 aromatic heterocycles. The molecule has 1 saturated heterocycles. The minimum atomic E-state index is -0.238. The van der Waals surface area contributed by atoms with Crippen LogP contribution in [-0.2, 0) is 4.74 Å². The molecule has 2 unspecified atom stereocenters. The number of hydrogen-bond donors (Lipinski definition) is 1. The maximum Gasteiger partial charge on any atom is 0.123 e. The Bertz CT molecular complexity index is 348. The molecule has 0 aliphatic carbocycles. The van der Waals surface area contributed by atoms with Crippen LogP contribution in [0.5, 0.6) is 0 Å². The number of halogens is 1. The molecule has 2 atom stereocenters. The van der Waals surface area contributed by atoms with Crippen LogP contribution in [0.25, 0.3) is 0 Å². The van der Waals surface area contributed by atoms with Crippen molar-refractivity contribution in [2.24, 2.45) is 0 Å². The SMILES string of the molecule is OCC(CCC1CCCO1)c1cccc(F)c1. The normalized spacial score (nSPS) is 21.6. The topological polar surface area (TPSA) is 29.5 Å². The van der Waals surface area contributed by atoms with Gasteiger partial charge in [0.2, 0.25) is 0 Å². The van der Waals surface area contributed by atoms with E-state index in [9.17, 15) is 9.50 Å². The van der Waals surface area contributed by atoms with Crippen molar-refractivity contribution in [3.8, 4) is 0 Å². The van der Waals surface area contributed by atoms with Crippen LogP contribution in [0.15, 0.2) is 24.3 Å². The van der Waals surface area contributed by atoms with Crippen LogP contribution in [0.2, 0.25) is 0 Å². The predicted octanol–water partition coefficient (Wildman–Crippen LogP) is 2.86. The molecule has 1 aromatic rings. The molecule has 17 heavy (non-hydrogen) atoms. The van der Waals surface area contributed by atoms with Gasteiger partial charge in [-0.2, -0.15) is 0 Å².